The number of hydrogen-bond acceptors (Lipinski definition) is 4. The van der Waals surface area contributed by atoms with Gasteiger partial charge in [-0.2, -0.15) is 0 Å². The molecular weight excluding hydrogens is 242 g/mol. The van der Waals surface area contributed by atoms with Gasteiger partial charge in [-0.05, 0) is 25.5 Å². The molecular formula is C15H25NO3. The van der Waals surface area contributed by atoms with Crippen LogP contribution in [-0.4, -0.2) is 37.0 Å². The third-order valence-electron chi connectivity index (χ3n) is 3.17. The van der Waals surface area contributed by atoms with Gasteiger partial charge < -0.3 is 19.8 Å². The summed E-state index contributed by atoms with van der Waals surface area (Å²) in [6, 6.07) is 5.73. The largest absolute Gasteiger partial charge is 0.496 e. The Morgan fingerprint density at radius 1 is 1.32 bits per heavy atom. The molecule has 1 rings (SSSR count). The molecule has 0 aliphatic heterocycles. The Kier molecular flexibility index (Phi) is 6.67. The smallest absolute Gasteiger partial charge is 0.126 e. The van der Waals surface area contributed by atoms with E-state index in [1.54, 1.807) is 14.0 Å². The quantitative estimate of drug-likeness (QED) is 0.759. The van der Waals surface area contributed by atoms with Crippen LogP contribution < -0.4 is 9.64 Å². The van der Waals surface area contributed by atoms with Crippen LogP contribution in [0.15, 0.2) is 18.2 Å². The number of anilines is 1. The van der Waals surface area contributed by atoms with Crippen LogP contribution in [0.25, 0.3) is 0 Å². The molecule has 0 heterocycles. The number of unbranched alkanes of at least 4 members (excludes halogenated alkanes) is 1. The molecule has 0 spiro atoms. The van der Waals surface area contributed by atoms with E-state index in [0.717, 1.165) is 30.6 Å². The van der Waals surface area contributed by atoms with E-state index in [-0.39, 0.29) is 6.61 Å². The van der Waals surface area contributed by atoms with E-state index in [1.165, 1.54) is 0 Å². The summed E-state index contributed by atoms with van der Waals surface area (Å²) in [4.78, 5) is 2.11. The Bertz CT molecular complexity index is 380. The van der Waals surface area contributed by atoms with Crippen LogP contribution in [0.2, 0.25) is 0 Å². The van der Waals surface area contributed by atoms with E-state index < -0.39 is 6.10 Å². The molecule has 0 fully saturated rings. The van der Waals surface area contributed by atoms with Gasteiger partial charge in [-0.3, -0.25) is 0 Å². The van der Waals surface area contributed by atoms with Gasteiger partial charge >= 0.3 is 0 Å². The predicted molar refractivity (Wildman–Crippen MR) is 77.8 cm³/mol. The molecule has 0 bridgehead atoms. The number of methoxy groups -OCH3 is 1. The van der Waals surface area contributed by atoms with Crippen LogP contribution in [-0.2, 0) is 0 Å². The van der Waals surface area contributed by atoms with Crippen molar-refractivity contribution >= 4 is 5.69 Å². The third kappa shape index (κ3) is 4.11. The van der Waals surface area contributed by atoms with Crippen molar-refractivity contribution in [2.45, 2.75) is 32.8 Å². The Morgan fingerprint density at radius 2 is 2.05 bits per heavy atom. The van der Waals surface area contributed by atoms with E-state index in [4.69, 9.17) is 4.74 Å². The van der Waals surface area contributed by atoms with E-state index >= 15 is 0 Å². The Hall–Kier alpha value is -1.26. The van der Waals surface area contributed by atoms with Crippen LogP contribution in [0.5, 0.6) is 5.75 Å². The van der Waals surface area contributed by atoms with Gasteiger partial charge in [-0.15, -0.1) is 0 Å². The highest BCUT2D eigenvalue weighted by atomic mass is 16.5. The predicted octanol–water partition coefficient (Wildman–Crippen LogP) is 2.35. The van der Waals surface area contributed by atoms with Crippen molar-refractivity contribution in [3.05, 3.63) is 23.8 Å². The second-order valence-corrected chi connectivity index (χ2v) is 4.63. The number of rotatable bonds is 8. The molecule has 0 unspecified atom stereocenters. The number of aliphatic hydroxyl groups excluding tert-OH is 2. The van der Waals surface area contributed by atoms with Crippen molar-refractivity contribution in [1.82, 2.24) is 0 Å². The SMILES string of the molecule is CCCCN(CCO)c1cccc(OC)c1[C@@H](C)O. The lowest BCUT2D eigenvalue weighted by molar-refractivity contribution is 0.194. The first kappa shape index (κ1) is 15.8. The summed E-state index contributed by atoms with van der Waals surface area (Å²) >= 11 is 0. The topological polar surface area (TPSA) is 52.9 Å². The minimum atomic E-state index is -0.603. The molecule has 0 aliphatic rings. The zero-order chi connectivity index (χ0) is 14.3. The van der Waals surface area contributed by atoms with Crippen LogP contribution in [0, 0.1) is 0 Å². The fourth-order valence-electron chi connectivity index (χ4n) is 2.23. The van der Waals surface area contributed by atoms with Crippen LogP contribution in [0.4, 0.5) is 5.69 Å². The third-order valence-corrected chi connectivity index (χ3v) is 3.17. The number of aliphatic hydroxyl groups is 2. The highest BCUT2D eigenvalue weighted by molar-refractivity contribution is 5.60. The molecule has 0 aromatic heterocycles. The molecule has 0 amide bonds. The van der Waals surface area contributed by atoms with Gasteiger partial charge in [0.25, 0.3) is 0 Å². The van der Waals surface area contributed by atoms with Crippen molar-refractivity contribution < 1.29 is 14.9 Å². The summed E-state index contributed by atoms with van der Waals surface area (Å²) in [6.07, 6.45) is 1.54. The summed E-state index contributed by atoms with van der Waals surface area (Å²) in [7, 11) is 1.60. The second kappa shape index (κ2) is 8.02. The van der Waals surface area contributed by atoms with Crippen molar-refractivity contribution in [1.29, 1.82) is 0 Å². The fraction of sp³-hybridized carbons (Fsp3) is 0.600. The molecule has 0 saturated heterocycles. The minimum absolute atomic E-state index is 0.0974. The van der Waals surface area contributed by atoms with Crippen molar-refractivity contribution in [2.24, 2.45) is 0 Å². The maximum Gasteiger partial charge on any atom is 0.126 e. The second-order valence-electron chi connectivity index (χ2n) is 4.63. The standard InChI is InChI=1S/C15H25NO3/c1-4-5-9-16(10-11-17)13-7-6-8-14(19-3)15(13)12(2)18/h6-8,12,17-18H,4-5,9-11H2,1-3H3/t12-/m1/s1. The van der Waals surface area contributed by atoms with E-state index in [9.17, 15) is 10.2 Å². The van der Waals surface area contributed by atoms with Crippen LogP contribution in [0.3, 0.4) is 0 Å². The molecule has 1 aromatic rings. The fourth-order valence-corrected chi connectivity index (χ4v) is 2.23. The molecule has 0 saturated carbocycles. The molecule has 19 heavy (non-hydrogen) atoms. The Labute approximate surface area is 115 Å². The summed E-state index contributed by atoms with van der Waals surface area (Å²) in [5.41, 5.74) is 1.73. The van der Waals surface area contributed by atoms with E-state index in [1.807, 2.05) is 18.2 Å². The van der Waals surface area contributed by atoms with Crippen LogP contribution >= 0.6 is 0 Å². The Balaban J connectivity index is 3.13. The zero-order valence-electron chi connectivity index (χ0n) is 12.1. The molecule has 1 atom stereocenters. The van der Waals surface area contributed by atoms with Gasteiger partial charge in [0.1, 0.15) is 5.75 Å². The molecule has 4 heteroatoms. The molecule has 4 nitrogen and oxygen atoms in total. The van der Waals surface area contributed by atoms with Gasteiger partial charge in [-0.25, -0.2) is 0 Å². The van der Waals surface area contributed by atoms with E-state index in [0.29, 0.717) is 12.3 Å². The van der Waals surface area contributed by atoms with Gasteiger partial charge in [0.05, 0.1) is 19.8 Å². The maximum atomic E-state index is 9.99. The summed E-state index contributed by atoms with van der Waals surface area (Å²) < 4.78 is 5.33. The number of benzene rings is 1. The molecule has 0 radical (unpaired) electrons. The lowest BCUT2D eigenvalue weighted by Gasteiger charge is -2.28. The molecule has 108 valence electrons. The number of nitrogens with zero attached hydrogens (tertiary/aromatic N) is 1. The first-order valence-electron chi connectivity index (χ1n) is 6.86. The normalized spacial score (nSPS) is 12.3. The highest BCUT2D eigenvalue weighted by Crippen LogP contribution is 2.34. The molecule has 0 aliphatic carbocycles. The van der Waals surface area contributed by atoms with Gasteiger partial charge in [-0.1, -0.05) is 19.4 Å². The van der Waals surface area contributed by atoms with Crippen molar-refractivity contribution in [3.63, 3.8) is 0 Å². The lowest BCUT2D eigenvalue weighted by Crippen LogP contribution is -2.29. The van der Waals surface area contributed by atoms with Crippen molar-refractivity contribution in [2.75, 3.05) is 31.7 Å². The summed E-state index contributed by atoms with van der Waals surface area (Å²) in [6.45, 7) is 5.40. The molecule has 2 N–H and O–H groups in total. The number of ether oxygens (including phenoxy) is 1. The highest BCUT2D eigenvalue weighted by Gasteiger charge is 2.18. The zero-order valence-corrected chi connectivity index (χ0v) is 12.1. The van der Waals surface area contributed by atoms with Crippen LogP contribution in [0.1, 0.15) is 38.4 Å². The Morgan fingerprint density at radius 3 is 2.58 bits per heavy atom. The average molecular weight is 267 g/mol. The average Bonchev–Trinajstić information content (AvgIpc) is 2.42. The van der Waals surface area contributed by atoms with Gasteiger partial charge in [0.2, 0.25) is 0 Å². The van der Waals surface area contributed by atoms with Gasteiger partial charge in [0.15, 0.2) is 0 Å². The minimum Gasteiger partial charge on any atom is -0.496 e. The summed E-state index contributed by atoms with van der Waals surface area (Å²) in [5.74, 6) is 0.687. The van der Waals surface area contributed by atoms with Gasteiger partial charge in [0, 0.05) is 24.3 Å². The first-order valence-corrected chi connectivity index (χ1v) is 6.86. The summed E-state index contributed by atoms with van der Waals surface area (Å²) in [5, 5.41) is 19.2. The maximum absolute atomic E-state index is 9.99. The number of hydrogen-bond donors (Lipinski definition) is 2. The lowest BCUT2D eigenvalue weighted by atomic mass is 10.1. The van der Waals surface area contributed by atoms with Crippen molar-refractivity contribution in [3.8, 4) is 5.75 Å². The first-order chi connectivity index (χ1) is 9.15. The molecule has 1 aromatic carbocycles. The van der Waals surface area contributed by atoms with E-state index in [2.05, 4.69) is 11.8 Å². The monoisotopic (exact) mass is 267 g/mol.